The fraction of sp³-hybridized carbons (Fsp3) is 0.593. The molecule has 1 aromatic carbocycles. The Morgan fingerprint density at radius 1 is 1.22 bits per heavy atom. The van der Waals surface area contributed by atoms with Gasteiger partial charge in [0, 0.05) is 38.0 Å². The van der Waals surface area contributed by atoms with Crippen molar-refractivity contribution in [3.8, 4) is 11.5 Å². The third-order valence-electron chi connectivity index (χ3n) is 7.29. The van der Waals surface area contributed by atoms with Crippen LogP contribution >= 0.6 is 0 Å². The summed E-state index contributed by atoms with van der Waals surface area (Å²) in [4.78, 5) is 34.3. The Morgan fingerprint density at radius 3 is 2.70 bits per heavy atom. The normalized spacial score (nSPS) is 20.9. The van der Waals surface area contributed by atoms with Gasteiger partial charge in [-0.2, -0.15) is 0 Å². The number of carboxylic acids is 1. The molecule has 1 aromatic heterocycles. The molecule has 0 radical (unpaired) electrons. The summed E-state index contributed by atoms with van der Waals surface area (Å²) in [5, 5.41) is 10.4. The third kappa shape index (κ3) is 6.42. The van der Waals surface area contributed by atoms with Gasteiger partial charge in [-0.1, -0.05) is 19.4 Å². The fourth-order valence-corrected chi connectivity index (χ4v) is 5.39. The lowest BCUT2D eigenvalue weighted by Gasteiger charge is -2.29. The van der Waals surface area contributed by atoms with Crippen LogP contribution in [-0.2, 0) is 16.0 Å². The van der Waals surface area contributed by atoms with Gasteiger partial charge in [-0.25, -0.2) is 4.98 Å². The molecule has 10 heteroatoms. The number of rotatable bonds is 13. The molecule has 37 heavy (non-hydrogen) atoms. The lowest BCUT2D eigenvalue weighted by atomic mass is 9.83. The van der Waals surface area contributed by atoms with Gasteiger partial charge >= 0.3 is 5.97 Å². The molecule has 0 saturated carbocycles. The molecular formula is C27H38N4O6. The highest BCUT2D eigenvalue weighted by molar-refractivity contribution is 5.79. The number of hydrogen-bond donors (Lipinski definition) is 2. The number of nitrogens with two attached hydrogens (primary N) is 1. The number of nitrogens with zero attached hydrogens (tertiary/aromatic N) is 3. The van der Waals surface area contributed by atoms with E-state index in [9.17, 15) is 14.7 Å². The van der Waals surface area contributed by atoms with Crippen LogP contribution in [0, 0.1) is 12.8 Å². The van der Waals surface area contributed by atoms with Gasteiger partial charge in [0.1, 0.15) is 5.76 Å². The minimum atomic E-state index is -0.878. The first-order valence-electron chi connectivity index (χ1n) is 13.2. The standard InChI is InChI=1S/C27H38N4O6/c1-3-4-11-30(12-5-10-28)25(32)16-31-15-20(19-6-8-22-23(13-19)36-17-35-22)26(27(33)34)21(31)7-9-24-29-14-18(2)37-24/h6,8,13-14,20-21,26H,3-5,7,9-12,15-17,28H2,1-2H3,(H,33,34)/t20-,21+,26-/m1/s1. The predicted octanol–water partition coefficient (Wildman–Crippen LogP) is 2.79. The van der Waals surface area contributed by atoms with Gasteiger partial charge in [0.05, 0.1) is 18.7 Å². The van der Waals surface area contributed by atoms with E-state index in [-0.39, 0.29) is 31.2 Å². The highest BCUT2D eigenvalue weighted by atomic mass is 16.7. The first kappa shape index (κ1) is 26.9. The van der Waals surface area contributed by atoms with Crippen molar-refractivity contribution in [3.63, 3.8) is 0 Å². The van der Waals surface area contributed by atoms with Crippen molar-refractivity contribution in [2.75, 3.05) is 39.5 Å². The van der Waals surface area contributed by atoms with Gasteiger partial charge in [0.25, 0.3) is 0 Å². The molecule has 2 aromatic rings. The molecule has 4 rings (SSSR count). The molecule has 2 aliphatic heterocycles. The van der Waals surface area contributed by atoms with Gasteiger partial charge in [0.2, 0.25) is 12.7 Å². The highest BCUT2D eigenvalue weighted by Gasteiger charge is 2.47. The van der Waals surface area contributed by atoms with Crippen LogP contribution < -0.4 is 15.2 Å². The average molecular weight is 515 g/mol. The fourth-order valence-electron chi connectivity index (χ4n) is 5.39. The lowest BCUT2D eigenvalue weighted by Crippen LogP contribution is -2.45. The van der Waals surface area contributed by atoms with Gasteiger partial charge in [0.15, 0.2) is 17.4 Å². The topological polar surface area (TPSA) is 131 Å². The Morgan fingerprint density at radius 2 is 2.00 bits per heavy atom. The first-order valence-corrected chi connectivity index (χ1v) is 13.2. The van der Waals surface area contributed by atoms with Crippen molar-refractivity contribution in [3.05, 3.63) is 41.6 Å². The molecular weight excluding hydrogens is 476 g/mol. The lowest BCUT2D eigenvalue weighted by molar-refractivity contribution is -0.143. The maximum absolute atomic E-state index is 13.4. The van der Waals surface area contributed by atoms with E-state index < -0.39 is 11.9 Å². The van der Waals surface area contributed by atoms with E-state index in [1.165, 1.54) is 0 Å². The number of hydrogen-bond acceptors (Lipinski definition) is 8. The number of benzene rings is 1. The van der Waals surface area contributed by atoms with E-state index in [1.807, 2.05) is 34.9 Å². The number of carboxylic acid groups (broad SMARTS) is 1. The Labute approximate surface area is 217 Å². The summed E-state index contributed by atoms with van der Waals surface area (Å²) in [5.74, 6) is 0.700. The largest absolute Gasteiger partial charge is 0.481 e. The quantitative estimate of drug-likeness (QED) is 0.414. The van der Waals surface area contributed by atoms with Crippen LogP contribution in [0.15, 0.2) is 28.8 Å². The molecule has 1 fully saturated rings. The number of aliphatic carboxylic acids is 1. The summed E-state index contributed by atoms with van der Waals surface area (Å²) in [7, 11) is 0. The molecule has 0 bridgehead atoms. The maximum Gasteiger partial charge on any atom is 0.308 e. The summed E-state index contributed by atoms with van der Waals surface area (Å²) in [5.41, 5.74) is 6.58. The molecule has 10 nitrogen and oxygen atoms in total. The SMILES string of the molecule is CCCCN(CCCN)C(=O)CN1C[C@H](c2ccc3c(c2)OCO3)[C@@H](C(=O)O)[C@@H]1CCc1ncc(C)o1. The number of aromatic nitrogens is 1. The van der Waals surface area contributed by atoms with E-state index in [2.05, 4.69) is 11.9 Å². The molecule has 0 spiro atoms. The van der Waals surface area contributed by atoms with Crippen molar-refractivity contribution >= 4 is 11.9 Å². The van der Waals surface area contributed by atoms with Crippen LogP contribution in [0.2, 0.25) is 0 Å². The molecule has 1 amide bonds. The number of carbonyl (C=O) groups excluding carboxylic acids is 1. The molecule has 3 heterocycles. The molecule has 3 N–H and O–H groups in total. The van der Waals surface area contributed by atoms with Crippen LogP contribution in [0.4, 0.5) is 0 Å². The number of aryl methyl sites for hydroxylation is 2. The van der Waals surface area contributed by atoms with Crippen LogP contribution in [0.25, 0.3) is 0 Å². The van der Waals surface area contributed by atoms with E-state index in [1.54, 1.807) is 6.20 Å². The van der Waals surface area contributed by atoms with Crippen LogP contribution in [0.5, 0.6) is 11.5 Å². The van der Waals surface area contributed by atoms with E-state index in [4.69, 9.17) is 19.6 Å². The number of ether oxygens (including phenoxy) is 2. The number of amides is 1. The zero-order valence-electron chi connectivity index (χ0n) is 21.7. The predicted molar refractivity (Wildman–Crippen MR) is 137 cm³/mol. The second kappa shape index (κ2) is 12.4. The number of fused-ring (bicyclic) bond motifs is 1. The molecule has 0 unspecified atom stereocenters. The van der Waals surface area contributed by atoms with Gasteiger partial charge in [-0.05, 0) is 50.4 Å². The van der Waals surface area contributed by atoms with Crippen LogP contribution in [0.3, 0.4) is 0 Å². The molecule has 0 aliphatic carbocycles. The summed E-state index contributed by atoms with van der Waals surface area (Å²) in [6.45, 7) is 6.50. The second-order valence-electron chi connectivity index (χ2n) is 9.86. The summed E-state index contributed by atoms with van der Waals surface area (Å²) < 4.78 is 16.6. The minimum Gasteiger partial charge on any atom is -0.481 e. The monoisotopic (exact) mass is 514 g/mol. The van der Waals surface area contributed by atoms with Gasteiger partial charge in [-0.15, -0.1) is 0 Å². The van der Waals surface area contributed by atoms with Gasteiger partial charge in [-0.3, -0.25) is 14.5 Å². The second-order valence-corrected chi connectivity index (χ2v) is 9.86. The zero-order chi connectivity index (χ0) is 26.4. The Balaban J connectivity index is 1.58. The molecule has 3 atom stereocenters. The number of oxazole rings is 1. The van der Waals surface area contributed by atoms with Crippen molar-refractivity contribution in [1.82, 2.24) is 14.8 Å². The Bertz CT molecular complexity index is 1060. The first-order chi connectivity index (χ1) is 17.9. The smallest absolute Gasteiger partial charge is 0.308 e. The van der Waals surface area contributed by atoms with Crippen molar-refractivity contribution < 1.29 is 28.6 Å². The average Bonchev–Trinajstić information content (AvgIpc) is 3.60. The summed E-state index contributed by atoms with van der Waals surface area (Å²) >= 11 is 0. The molecule has 2 aliphatic rings. The Hall–Kier alpha value is -3.11. The highest BCUT2D eigenvalue weighted by Crippen LogP contribution is 2.43. The van der Waals surface area contributed by atoms with Crippen LogP contribution in [-0.4, -0.2) is 77.3 Å². The maximum atomic E-state index is 13.4. The number of likely N-dealkylation sites (tertiary alicyclic amines) is 1. The van der Waals surface area contributed by atoms with E-state index in [0.717, 1.165) is 24.8 Å². The molecule has 1 saturated heterocycles. The summed E-state index contributed by atoms with van der Waals surface area (Å²) in [6.07, 6.45) is 5.32. The third-order valence-corrected chi connectivity index (χ3v) is 7.29. The zero-order valence-corrected chi connectivity index (χ0v) is 21.7. The number of unbranched alkanes of at least 4 members (excludes halogenated alkanes) is 1. The number of carbonyl (C=O) groups is 2. The minimum absolute atomic E-state index is 0.00865. The van der Waals surface area contributed by atoms with Crippen LogP contribution in [0.1, 0.15) is 55.7 Å². The van der Waals surface area contributed by atoms with E-state index >= 15 is 0 Å². The van der Waals surface area contributed by atoms with Gasteiger partial charge < -0.3 is 29.6 Å². The van der Waals surface area contributed by atoms with Crippen molar-refractivity contribution in [2.45, 2.75) is 57.9 Å². The van der Waals surface area contributed by atoms with Crippen molar-refractivity contribution in [1.29, 1.82) is 0 Å². The van der Waals surface area contributed by atoms with Crippen molar-refractivity contribution in [2.24, 2.45) is 11.7 Å². The molecule has 202 valence electrons. The van der Waals surface area contributed by atoms with E-state index in [0.29, 0.717) is 62.2 Å². The Kier molecular flexibility index (Phi) is 9.04. The summed E-state index contributed by atoms with van der Waals surface area (Å²) in [6, 6.07) is 5.25.